The Morgan fingerprint density at radius 2 is 1.76 bits per heavy atom. The Bertz CT molecular complexity index is 236. The molecule has 1 heterocycles. The molecule has 1 aliphatic heterocycles. The second-order valence-electron chi connectivity index (χ2n) is 5.00. The highest BCUT2D eigenvalue weighted by Gasteiger charge is 2.25. The van der Waals surface area contributed by atoms with Gasteiger partial charge >= 0.3 is 6.09 Å². The monoisotopic (exact) mass is 372 g/mol. The summed E-state index contributed by atoms with van der Waals surface area (Å²) in [6.07, 6.45) is -0.189. The van der Waals surface area contributed by atoms with Gasteiger partial charge in [-0.25, -0.2) is 4.79 Å². The molecule has 102 valence electrons. The van der Waals surface area contributed by atoms with Crippen LogP contribution in [-0.2, 0) is 4.74 Å². The molecule has 0 atom stereocenters. The Labute approximate surface area is 123 Å². The molecule has 0 radical (unpaired) electrons. The summed E-state index contributed by atoms with van der Waals surface area (Å²) >= 11 is 3.42. The lowest BCUT2D eigenvalue weighted by Crippen LogP contribution is -2.50. The minimum atomic E-state index is -0.399. The van der Waals surface area contributed by atoms with E-state index >= 15 is 0 Å². The molecule has 0 aromatic rings. The quantitative estimate of drug-likeness (QED) is 0.697. The molecular formula is C11H22Br2N2O2. The molecule has 0 bridgehead atoms. The number of amides is 1. The molecule has 1 amide bonds. The fourth-order valence-electron chi connectivity index (χ4n) is 1.60. The van der Waals surface area contributed by atoms with Gasteiger partial charge < -0.3 is 9.64 Å². The summed E-state index contributed by atoms with van der Waals surface area (Å²) < 4.78 is 5.33. The van der Waals surface area contributed by atoms with Crippen LogP contribution in [-0.4, -0.2) is 59.5 Å². The Kier molecular flexibility index (Phi) is 7.67. The zero-order valence-electron chi connectivity index (χ0n) is 10.7. The van der Waals surface area contributed by atoms with Crippen LogP contribution >= 0.6 is 32.9 Å². The molecule has 1 fully saturated rings. The zero-order valence-corrected chi connectivity index (χ0v) is 14.0. The topological polar surface area (TPSA) is 32.8 Å². The first-order valence-corrected chi connectivity index (χ1v) is 6.81. The number of piperazine rings is 1. The van der Waals surface area contributed by atoms with Crippen molar-refractivity contribution < 1.29 is 9.53 Å². The van der Waals surface area contributed by atoms with Gasteiger partial charge in [0, 0.05) is 38.1 Å². The van der Waals surface area contributed by atoms with E-state index in [-0.39, 0.29) is 23.1 Å². The third-order valence-electron chi connectivity index (χ3n) is 2.42. The van der Waals surface area contributed by atoms with Crippen LogP contribution in [0.15, 0.2) is 0 Å². The van der Waals surface area contributed by atoms with Gasteiger partial charge in [-0.15, -0.1) is 17.0 Å². The maximum atomic E-state index is 11.8. The van der Waals surface area contributed by atoms with Crippen molar-refractivity contribution in [1.82, 2.24) is 9.80 Å². The molecule has 0 aliphatic carbocycles. The second kappa shape index (κ2) is 7.59. The molecular weight excluding hydrogens is 352 g/mol. The van der Waals surface area contributed by atoms with Crippen LogP contribution in [0.25, 0.3) is 0 Å². The van der Waals surface area contributed by atoms with E-state index in [2.05, 4.69) is 20.8 Å². The minimum absolute atomic E-state index is 0. The van der Waals surface area contributed by atoms with E-state index in [0.29, 0.717) is 0 Å². The average Bonchev–Trinajstić information content (AvgIpc) is 2.16. The van der Waals surface area contributed by atoms with Crippen molar-refractivity contribution in [2.24, 2.45) is 0 Å². The summed E-state index contributed by atoms with van der Waals surface area (Å²) in [5.41, 5.74) is -0.399. The Morgan fingerprint density at radius 1 is 1.24 bits per heavy atom. The number of nitrogens with zero attached hydrogens (tertiary/aromatic N) is 2. The third-order valence-corrected chi connectivity index (χ3v) is 2.78. The highest BCUT2D eigenvalue weighted by molar-refractivity contribution is 9.09. The lowest BCUT2D eigenvalue weighted by molar-refractivity contribution is 0.0150. The summed E-state index contributed by atoms with van der Waals surface area (Å²) in [5, 5.41) is 0.986. The van der Waals surface area contributed by atoms with Crippen LogP contribution in [0.4, 0.5) is 4.79 Å². The van der Waals surface area contributed by atoms with Gasteiger partial charge in [-0.3, -0.25) is 4.90 Å². The highest BCUT2D eigenvalue weighted by atomic mass is 79.9. The molecule has 0 aromatic heterocycles. The van der Waals surface area contributed by atoms with Gasteiger partial charge in [0.1, 0.15) is 5.60 Å². The third kappa shape index (κ3) is 6.62. The van der Waals surface area contributed by atoms with E-state index in [9.17, 15) is 4.79 Å². The molecule has 0 unspecified atom stereocenters. The fraction of sp³-hybridized carbons (Fsp3) is 0.909. The predicted octanol–water partition coefficient (Wildman–Crippen LogP) is 2.51. The van der Waals surface area contributed by atoms with Gasteiger partial charge in [0.15, 0.2) is 0 Å². The molecule has 0 spiro atoms. The van der Waals surface area contributed by atoms with E-state index < -0.39 is 5.60 Å². The van der Waals surface area contributed by atoms with E-state index in [4.69, 9.17) is 4.74 Å². The maximum Gasteiger partial charge on any atom is 0.410 e. The number of ether oxygens (including phenoxy) is 1. The first-order chi connectivity index (χ1) is 7.42. The standard InChI is InChI=1S/C11H21BrN2O2.BrH/c1-11(2,3)16-10(15)14-8-6-13(5-4-12)7-9-14;/h4-9H2,1-3H3;1H. The average molecular weight is 374 g/mol. The van der Waals surface area contributed by atoms with Crippen LogP contribution in [0.1, 0.15) is 20.8 Å². The number of hydrogen-bond acceptors (Lipinski definition) is 3. The van der Waals surface area contributed by atoms with E-state index in [1.807, 2.05) is 20.8 Å². The molecule has 6 heteroatoms. The van der Waals surface area contributed by atoms with Crippen LogP contribution < -0.4 is 0 Å². The van der Waals surface area contributed by atoms with Crippen molar-refractivity contribution in [3.8, 4) is 0 Å². The zero-order chi connectivity index (χ0) is 12.2. The van der Waals surface area contributed by atoms with Crippen molar-refractivity contribution in [2.45, 2.75) is 26.4 Å². The van der Waals surface area contributed by atoms with Crippen molar-refractivity contribution >= 4 is 39.0 Å². The van der Waals surface area contributed by atoms with Crippen molar-refractivity contribution in [3.63, 3.8) is 0 Å². The van der Waals surface area contributed by atoms with Gasteiger partial charge in [0.2, 0.25) is 0 Å². The molecule has 0 saturated carbocycles. The number of carbonyl (C=O) groups is 1. The van der Waals surface area contributed by atoms with Crippen LogP contribution in [0.3, 0.4) is 0 Å². The van der Waals surface area contributed by atoms with Crippen LogP contribution in [0, 0.1) is 0 Å². The maximum absolute atomic E-state index is 11.8. The summed E-state index contributed by atoms with van der Waals surface area (Å²) in [6, 6.07) is 0. The summed E-state index contributed by atoms with van der Waals surface area (Å²) in [7, 11) is 0. The first kappa shape index (κ1) is 17.2. The summed E-state index contributed by atoms with van der Waals surface area (Å²) in [5.74, 6) is 0. The molecule has 0 aromatic carbocycles. The predicted molar refractivity (Wildman–Crippen MR) is 78.4 cm³/mol. The number of hydrogen-bond donors (Lipinski definition) is 0. The van der Waals surface area contributed by atoms with E-state index in [0.717, 1.165) is 38.1 Å². The Hall–Kier alpha value is 0.190. The Balaban J connectivity index is 0.00000256. The van der Waals surface area contributed by atoms with Gasteiger partial charge in [0.05, 0.1) is 0 Å². The number of rotatable bonds is 2. The molecule has 4 nitrogen and oxygen atoms in total. The number of carbonyl (C=O) groups excluding carboxylic acids is 1. The van der Waals surface area contributed by atoms with Crippen LogP contribution in [0.2, 0.25) is 0 Å². The van der Waals surface area contributed by atoms with Crippen molar-refractivity contribution in [3.05, 3.63) is 0 Å². The van der Waals surface area contributed by atoms with Crippen LogP contribution in [0.5, 0.6) is 0 Å². The number of alkyl halides is 1. The minimum Gasteiger partial charge on any atom is -0.444 e. The van der Waals surface area contributed by atoms with E-state index in [1.165, 1.54) is 0 Å². The lowest BCUT2D eigenvalue weighted by Gasteiger charge is -2.35. The fourth-order valence-corrected chi connectivity index (χ4v) is 2.10. The van der Waals surface area contributed by atoms with Gasteiger partial charge in [0.25, 0.3) is 0 Å². The van der Waals surface area contributed by atoms with Crippen molar-refractivity contribution in [2.75, 3.05) is 38.1 Å². The Morgan fingerprint density at radius 3 is 2.18 bits per heavy atom. The van der Waals surface area contributed by atoms with Gasteiger partial charge in [-0.2, -0.15) is 0 Å². The lowest BCUT2D eigenvalue weighted by atomic mass is 10.2. The number of halogens is 2. The molecule has 0 N–H and O–H groups in total. The largest absolute Gasteiger partial charge is 0.444 e. The normalized spacial score (nSPS) is 17.5. The first-order valence-electron chi connectivity index (χ1n) is 5.68. The molecule has 1 saturated heterocycles. The summed E-state index contributed by atoms with van der Waals surface area (Å²) in [4.78, 5) is 15.9. The summed E-state index contributed by atoms with van der Waals surface area (Å²) in [6.45, 7) is 10.1. The molecule has 1 rings (SSSR count). The molecule has 17 heavy (non-hydrogen) atoms. The van der Waals surface area contributed by atoms with Gasteiger partial charge in [-0.05, 0) is 20.8 Å². The second-order valence-corrected chi connectivity index (χ2v) is 5.79. The SMILES string of the molecule is Br.CC(C)(C)OC(=O)N1CCN(CCBr)CC1. The van der Waals surface area contributed by atoms with Crippen molar-refractivity contribution in [1.29, 1.82) is 0 Å². The highest BCUT2D eigenvalue weighted by Crippen LogP contribution is 2.11. The van der Waals surface area contributed by atoms with E-state index in [1.54, 1.807) is 4.90 Å². The molecule has 1 aliphatic rings. The smallest absolute Gasteiger partial charge is 0.410 e. The van der Waals surface area contributed by atoms with Gasteiger partial charge in [-0.1, -0.05) is 15.9 Å².